The summed E-state index contributed by atoms with van der Waals surface area (Å²) in [5, 5.41) is 20.5. The number of hydrogen-bond acceptors (Lipinski definition) is 13. The Morgan fingerprint density at radius 1 is 0.483 bits per heavy atom. The molecular formula is C45H52O13. The Labute approximate surface area is 339 Å². The molecule has 3 aromatic rings. The monoisotopic (exact) mass is 800 g/mol. The zero-order valence-electron chi connectivity index (χ0n) is 33.6. The minimum Gasteiger partial charge on any atom is -0.491 e. The quantitative estimate of drug-likeness (QED) is 0.0515. The van der Waals surface area contributed by atoms with Crippen molar-refractivity contribution in [3.8, 4) is 17.2 Å². The Morgan fingerprint density at radius 2 is 0.776 bits per heavy atom. The minimum absolute atomic E-state index is 0.113. The Hall–Kier alpha value is -6.18. The fourth-order valence-electron chi connectivity index (χ4n) is 5.07. The van der Waals surface area contributed by atoms with Gasteiger partial charge in [-0.15, -0.1) is 0 Å². The highest BCUT2D eigenvalue weighted by Gasteiger charge is 2.32. The fraction of sp³-hybridized carbons (Fsp3) is 0.333. The maximum atomic E-state index is 12.3. The maximum absolute atomic E-state index is 12.3. The molecule has 0 saturated heterocycles. The van der Waals surface area contributed by atoms with Crippen LogP contribution in [0.4, 0.5) is 0 Å². The maximum Gasteiger partial charge on any atom is 0.333 e. The van der Waals surface area contributed by atoms with Crippen molar-refractivity contribution in [1.29, 1.82) is 0 Å². The molecule has 13 heteroatoms. The lowest BCUT2D eigenvalue weighted by atomic mass is 9.71. The highest BCUT2D eigenvalue weighted by atomic mass is 16.6. The van der Waals surface area contributed by atoms with E-state index in [9.17, 15) is 29.4 Å². The van der Waals surface area contributed by atoms with Gasteiger partial charge in [0.05, 0.1) is 0 Å². The number of carbonyl (C=O) groups excluding carboxylic acids is 4. The largest absolute Gasteiger partial charge is 0.491 e. The molecule has 0 aromatic heterocycles. The van der Waals surface area contributed by atoms with Gasteiger partial charge < -0.3 is 43.4 Å². The molecule has 0 spiro atoms. The molecule has 0 fully saturated rings. The average Bonchev–Trinajstić information content (AvgIpc) is 3.21. The SMILES string of the molecule is C=C(C)C(=O)OCC(O)COc1ccc(C(C)(c2ccc(OCC(O)COC(=O)C(=C)C)cc2)c2ccc(OCC(COC(=O)C(=C)C)OC(=O)C(=C)C)cc2)cc1. The highest BCUT2D eigenvalue weighted by Crippen LogP contribution is 2.40. The first-order valence-corrected chi connectivity index (χ1v) is 18.3. The van der Waals surface area contributed by atoms with Crippen LogP contribution >= 0.6 is 0 Å². The summed E-state index contributed by atoms with van der Waals surface area (Å²) in [5.74, 6) is -1.07. The summed E-state index contributed by atoms with van der Waals surface area (Å²) in [4.78, 5) is 47.6. The Kier molecular flexibility index (Phi) is 17.5. The molecular weight excluding hydrogens is 748 g/mol. The molecule has 0 aliphatic carbocycles. The smallest absolute Gasteiger partial charge is 0.333 e. The number of rotatable bonds is 23. The van der Waals surface area contributed by atoms with Crippen molar-refractivity contribution in [2.45, 2.75) is 58.3 Å². The lowest BCUT2D eigenvalue weighted by Gasteiger charge is -2.32. The van der Waals surface area contributed by atoms with E-state index < -0.39 is 47.6 Å². The van der Waals surface area contributed by atoms with Crippen LogP contribution in [0.1, 0.15) is 51.3 Å². The third-order valence-corrected chi connectivity index (χ3v) is 8.50. The summed E-state index contributed by atoms with van der Waals surface area (Å²) >= 11 is 0. The third kappa shape index (κ3) is 14.1. The third-order valence-electron chi connectivity index (χ3n) is 8.50. The van der Waals surface area contributed by atoms with Crippen LogP contribution in [0.3, 0.4) is 0 Å². The van der Waals surface area contributed by atoms with Gasteiger partial charge in [-0.05, 0) is 87.7 Å². The predicted octanol–water partition coefficient (Wildman–Crippen LogP) is 5.74. The first kappa shape index (κ1) is 46.2. The van der Waals surface area contributed by atoms with Crippen molar-refractivity contribution in [1.82, 2.24) is 0 Å². The standard InChI is InChI=1S/C45H52O13/c1-28(2)41(48)55-24-35(46)22-52-37-16-10-32(11-17-37)45(9,33-12-18-38(19-13-33)53-23-36(47)25-56-42(49)29(3)4)34-14-20-39(21-15-34)54-26-40(58-44(51)31(7)8)27-57-43(50)30(5)6/h10-21,35-36,40,46-47H,1,3,5,7,22-27H2,2,4,6,8-9H3. The molecule has 0 heterocycles. The van der Waals surface area contributed by atoms with Crippen LogP contribution in [0.5, 0.6) is 17.2 Å². The van der Waals surface area contributed by atoms with Crippen LogP contribution in [0.15, 0.2) is 121 Å². The number of esters is 4. The normalized spacial score (nSPS) is 13.3. The van der Waals surface area contributed by atoms with Gasteiger partial charge in [0.1, 0.15) is 69.1 Å². The summed E-state index contributed by atoms with van der Waals surface area (Å²) < 4.78 is 38.2. The van der Waals surface area contributed by atoms with E-state index in [1.165, 1.54) is 27.7 Å². The van der Waals surface area contributed by atoms with Crippen LogP contribution < -0.4 is 14.2 Å². The molecule has 0 saturated carbocycles. The van der Waals surface area contributed by atoms with E-state index in [0.29, 0.717) is 17.2 Å². The first-order chi connectivity index (χ1) is 27.4. The van der Waals surface area contributed by atoms with Crippen LogP contribution in [-0.2, 0) is 43.5 Å². The van der Waals surface area contributed by atoms with E-state index in [-0.39, 0.29) is 61.9 Å². The van der Waals surface area contributed by atoms with Crippen molar-refractivity contribution in [2.24, 2.45) is 0 Å². The second-order valence-corrected chi connectivity index (χ2v) is 13.9. The molecule has 0 amide bonds. The van der Waals surface area contributed by atoms with Crippen molar-refractivity contribution in [3.05, 3.63) is 138 Å². The van der Waals surface area contributed by atoms with Crippen LogP contribution in [-0.4, -0.2) is 92.0 Å². The molecule has 13 nitrogen and oxygen atoms in total. The van der Waals surface area contributed by atoms with E-state index >= 15 is 0 Å². The van der Waals surface area contributed by atoms with Crippen LogP contribution in [0, 0.1) is 0 Å². The summed E-state index contributed by atoms with van der Waals surface area (Å²) in [6, 6.07) is 22.0. The lowest BCUT2D eigenvalue weighted by Crippen LogP contribution is -2.31. The first-order valence-electron chi connectivity index (χ1n) is 18.3. The number of ether oxygens (including phenoxy) is 7. The summed E-state index contributed by atoms with van der Waals surface area (Å²) in [6.07, 6.45) is -3.03. The summed E-state index contributed by atoms with van der Waals surface area (Å²) in [5.41, 5.74) is 2.68. The lowest BCUT2D eigenvalue weighted by molar-refractivity contribution is -0.155. The fourth-order valence-corrected chi connectivity index (χ4v) is 5.07. The second-order valence-electron chi connectivity index (χ2n) is 13.9. The van der Waals surface area contributed by atoms with Gasteiger partial charge in [-0.3, -0.25) is 0 Å². The molecule has 3 atom stereocenters. The summed E-state index contributed by atoms with van der Waals surface area (Å²) in [7, 11) is 0. The highest BCUT2D eigenvalue weighted by molar-refractivity contribution is 5.88. The van der Waals surface area contributed by atoms with Crippen molar-refractivity contribution >= 4 is 23.9 Å². The topological polar surface area (TPSA) is 173 Å². The molecule has 3 unspecified atom stereocenters. The molecule has 0 bridgehead atoms. The zero-order chi connectivity index (χ0) is 43.0. The molecule has 3 rings (SSSR count). The van der Waals surface area contributed by atoms with Gasteiger partial charge in [-0.1, -0.05) is 62.7 Å². The van der Waals surface area contributed by atoms with Crippen molar-refractivity contribution in [3.63, 3.8) is 0 Å². The second kappa shape index (κ2) is 21.9. The van der Waals surface area contributed by atoms with Gasteiger partial charge in [0, 0.05) is 27.7 Å². The summed E-state index contributed by atoms with van der Waals surface area (Å²) in [6.45, 7) is 21.2. The van der Waals surface area contributed by atoms with Gasteiger partial charge >= 0.3 is 23.9 Å². The van der Waals surface area contributed by atoms with Gasteiger partial charge in [-0.2, -0.15) is 0 Å². The van der Waals surface area contributed by atoms with E-state index in [1.807, 2.05) is 43.3 Å². The van der Waals surface area contributed by atoms with E-state index in [4.69, 9.17) is 33.2 Å². The van der Waals surface area contributed by atoms with E-state index in [2.05, 4.69) is 26.3 Å². The Morgan fingerprint density at radius 3 is 1.09 bits per heavy atom. The van der Waals surface area contributed by atoms with Gasteiger partial charge in [-0.25, -0.2) is 19.2 Å². The number of carbonyl (C=O) groups is 4. The minimum atomic E-state index is -1.05. The van der Waals surface area contributed by atoms with Gasteiger partial charge in [0.25, 0.3) is 0 Å². The Balaban J connectivity index is 1.85. The molecule has 2 N–H and O–H groups in total. The molecule has 0 radical (unpaired) electrons. The van der Waals surface area contributed by atoms with E-state index in [1.54, 1.807) is 36.4 Å². The number of hydrogen-bond donors (Lipinski definition) is 2. The molecule has 0 aliphatic heterocycles. The van der Waals surface area contributed by atoms with Crippen molar-refractivity contribution in [2.75, 3.05) is 39.6 Å². The molecule has 58 heavy (non-hydrogen) atoms. The van der Waals surface area contributed by atoms with Crippen LogP contribution in [0.2, 0.25) is 0 Å². The Bertz CT molecular complexity index is 1840. The molecule has 310 valence electrons. The number of aliphatic hydroxyl groups is 2. The number of aliphatic hydroxyl groups excluding tert-OH is 2. The predicted molar refractivity (Wildman–Crippen MR) is 215 cm³/mol. The number of benzene rings is 3. The van der Waals surface area contributed by atoms with E-state index in [0.717, 1.165) is 16.7 Å². The van der Waals surface area contributed by atoms with Gasteiger partial charge in [0.15, 0.2) is 6.10 Å². The van der Waals surface area contributed by atoms with Gasteiger partial charge in [0.2, 0.25) is 0 Å². The van der Waals surface area contributed by atoms with Crippen molar-refractivity contribution < 1.29 is 62.5 Å². The zero-order valence-corrected chi connectivity index (χ0v) is 33.6. The molecule has 0 aliphatic rings. The molecule has 3 aromatic carbocycles. The van der Waals surface area contributed by atoms with Crippen LogP contribution in [0.25, 0.3) is 0 Å². The average molecular weight is 801 g/mol.